The summed E-state index contributed by atoms with van der Waals surface area (Å²) in [6.45, 7) is 8.42. The van der Waals surface area contributed by atoms with Gasteiger partial charge >= 0.3 is 0 Å². The molecule has 15 heavy (non-hydrogen) atoms. The van der Waals surface area contributed by atoms with Gasteiger partial charge in [0.15, 0.2) is 0 Å². The van der Waals surface area contributed by atoms with E-state index >= 15 is 0 Å². The van der Waals surface area contributed by atoms with Gasteiger partial charge < -0.3 is 16.2 Å². The topological polar surface area (TPSA) is 67.8 Å². The normalized spacial score (nSPS) is 19.6. The van der Waals surface area contributed by atoms with Gasteiger partial charge in [-0.25, -0.2) is 0 Å². The Morgan fingerprint density at radius 2 is 1.60 bits per heavy atom. The summed E-state index contributed by atoms with van der Waals surface area (Å²) in [6, 6.07) is 0. The van der Waals surface area contributed by atoms with E-state index in [0.717, 1.165) is 58.9 Å². The van der Waals surface area contributed by atoms with Gasteiger partial charge in [0.2, 0.25) is 0 Å². The van der Waals surface area contributed by atoms with Crippen LogP contribution in [0, 0.1) is 0 Å². The average molecular weight is 216 g/mol. The standard InChI is InChI=1S/C10H24N4O/c11-2-1-8-15-9-7-13-3-5-14(10-12)6-4-13/h1-12H2. The molecule has 1 aliphatic rings. The molecule has 0 aromatic carbocycles. The van der Waals surface area contributed by atoms with Crippen LogP contribution >= 0.6 is 0 Å². The smallest absolute Gasteiger partial charge is 0.0593 e. The molecule has 5 heteroatoms. The molecule has 0 saturated carbocycles. The monoisotopic (exact) mass is 216 g/mol. The van der Waals surface area contributed by atoms with E-state index in [1.165, 1.54) is 0 Å². The second kappa shape index (κ2) is 8.01. The molecule has 4 N–H and O–H groups in total. The molecule has 1 aliphatic heterocycles. The maximum Gasteiger partial charge on any atom is 0.0593 e. The van der Waals surface area contributed by atoms with Gasteiger partial charge in [0.25, 0.3) is 0 Å². The van der Waals surface area contributed by atoms with E-state index in [1.54, 1.807) is 0 Å². The molecule has 1 saturated heterocycles. The van der Waals surface area contributed by atoms with Gasteiger partial charge in [-0.2, -0.15) is 0 Å². The van der Waals surface area contributed by atoms with E-state index in [4.69, 9.17) is 16.2 Å². The molecule has 0 amide bonds. The molecule has 1 rings (SSSR count). The molecule has 1 fully saturated rings. The van der Waals surface area contributed by atoms with Crippen molar-refractivity contribution in [1.82, 2.24) is 9.80 Å². The van der Waals surface area contributed by atoms with Gasteiger partial charge in [0.05, 0.1) is 6.61 Å². The first-order chi connectivity index (χ1) is 7.36. The molecule has 1 heterocycles. The van der Waals surface area contributed by atoms with Crippen LogP contribution in [-0.2, 0) is 4.74 Å². The molecular weight excluding hydrogens is 192 g/mol. The molecular formula is C10H24N4O. The molecule has 0 aromatic rings. The highest BCUT2D eigenvalue weighted by molar-refractivity contribution is 4.70. The average Bonchev–Trinajstić information content (AvgIpc) is 2.30. The van der Waals surface area contributed by atoms with Crippen LogP contribution in [0.3, 0.4) is 0 Å². The second-order valence-electron chi connectivity index (χ2n) is 3.90. The van der Waals surface area contributed by atoms with Crippen LogP contribution in [0.5, 0.6) is 0 Å². The first-order valence-electron chi connectivity index (χ1n) is 5.79. The summed E-state index contributed by atoms with van der Waals surface area (Å²) in [6.07, 6.45) is 0.959. The van der Waals surface area contributed by atoms with E-state index in [9.17, 15) is 0 Å². The summed E-state index contributed by atoms with van der Waals surface area (Å²) in [5.74, 6) is 0. The fraction of sp³-hybridized carbons (Fsp3) is 1.00. The van der Waals surface area contributed by atoms with Crippen molar-refractivity contribution in [2.45, 2.75) is 6.42 Å². The molecule has 0 spiro atoms. The third-order valence-corrected chi connectivity index (χ3v) is 2.77. The number of piperazine rings is 1. The Bertz CT molecular complexity index is 148. The Morgan fingerprint density at radius 1 is 0.933 bits per heavy atom. The Morgan fingerprint density at radius 3 is 2.20 bits per heavy atom. The highest BCUT2D eigenvalue weighted by Crippen LogP contribution is 1.99. The minimum Gasteiger partial charge on any atom is -0.380 e. The quantitative estimate of drug-likeness (QED) is 0.528. The van der Waals surface area contributed by atoms with Crippen LogP contribution in [0.4, 0.5) is 0 Å². The number of nitrogens with zero attached hydrogens (tertiary/aromatic N) is 2. The summed E-state index contributed by atoms with van der Waals surface area (Å²) in [7, 11) is 0. The predicted molar refractivity (Wildman–Crippen MR) is 61.6 cm³/mol. The van der Waals surface area contributed by atoms with E-state index in [-0.39, 0.29) is 0 Å². The molecule has 0 aliphatic carbocycles. The van der Waals surface area contributed by atoms with Gasteiger partial charge in [-0.1, -0.05) is 0 Å². The van der Waals surface area contributed by atoms with Crippen molar-refractivity contribution in [3.8, 4) is 0 Å². The highest BCUT2D eigenvalue weighted by atomic mass is 16.5. The van der Waals surface area contributed by atoms with Crippen molar-refractivity contribution in [3.63, 3.8) is 0 Å². The van der Waals surface area contributed by atoms with Gasteiger partial charge in [-0.05, 0) is 13.0 Å². The Labute approximate surface area is 92.3 Å². The molecule has 0 unspecified atom stereocenters. The summed E-state index contributed by atoms with van der Waals surface area (Å²) >= 11 is 0. The van der Waals surface area contributed by atoms with E-state index < -0.39 is 0 Å². The summed E-state index contributed by atoms with van der Waals surface area (Å²) < 4.78 is 5.47. The second-order valence-corrected chi connectivity index (χ2v) is 3.90. The molecule has 0 bridgehead atoms. The number of hydrogen-bond acceptors (Lipinski definition) is 5. The third-order valence-electron chi connectivity index (χ3n) is 2.77. The lowest BCUT2D eigenvalue weighted by Gasteiger charge is -2.33. The minimum atomic E-state index is 0.681. The van der Waals surface area contributed by atoms with Gasteiger partial charge in [-0.3, -0.25) is 9.80 Å². The van der Waals surface area contributed by atoms with Crippen molar-refractivity contribution in [1.29, 1.82) is 0 Å². The van der Waals surface area contributed by atoms with Gasteiger partial charge in [-0.15, -0.1) is 0 Å². The lowest BCUT2D eigenvalue weighted by molar-refractivity contribution is 0.0760. The van der Waals surface area contributed by atoms with E-state index in [0.29, 0.717) is 6.67 Å². The lowest BCUT2D eigenvalue weighted by atomic mass is 10.3. The van der Waals surface area contributed by atoms with Crippen molar-refractivity contribution in [2.75, 3.05) is 59.2 Å². The lowest BCUT2D eigenvalue weighted by Crippen LogP contribution is -2.48. The van der Waals surface area contributed by atoms with Crippen molar-refractivity contribution >= 4 is 0 Å². The largest absolute Gasteiger partial charge is 0.380 e. The summed E-state index contributed by atoms with van der Waals surface area (Å²) in [5.41, 5.74) is 11.0. The van der Waals surface area contributed by atoms with Crippen LogP contribution in [0.25, 0.3) is 0 Å². The predicted octanol–water partition coefficient (Wildman–Crippen LogP) is -1.11. The molecule has 5 nitrogen and oxygen atoms in total. The molecule has 90 valence electrons. The summed E-state index contributed by atoms with van der Waals surface area (Å²) in [4.78, 5) is 4.69. The fourth-order valence-electron chi connectivity index (χ4n) is 1.68. The van der Waals surface area contributed by atoms with Crippen LogP contribution < -0.4 is 11.5 Å². The SMILES string of the molecule is NCCCOCCN1CCN(CN)CC1. The zero-order valence-corrected chi connectivity index (χ0v) is 9.53. The van der Waals surface area contributed by atoms with E-state index in [1.807, 2.05) is 0 Å². The Balaban J connectivity index is 1.94. The van der Waals surface area contributed by atoms with Crippen molar-refractivity contribution in [2.24, 2.45) is 11.5 Å². The third kappa shape index (κ3) is 5.44. The Hall–Kier alpha value is -0.200. The van der Waals surface area contributed by atoms with Crippen molar-refractivity contribution < 1.29 is 4.74 Å². The van der Waals surface area contributed by atoms with Gasteiger partial charge in [0, 0.05) is 46.0 Å². The van der Waals surface area contributed by atoms with Crippen LogP contribution in [0.2, 0.25) is 0 Å². The molecule has 0 radical (unpaired) electrons. The van der Waals surface area contributed by atoms with Crippen LogP contribution in [0.1, 0.15) is 6.42 Å². The maximum absolute atomic E-state index is 5.57. The van der Waals surface area contributed by atoms with E-state index in [2.05, 4.69) is 9.80 Å². The summed E-state index contributed by atoms with van der Waals surface area (Å²) in [5, 5.41) is 0. The number of nitrogens with two attached hydrogens (primary N) is 2. The molecule has 0 atom stereocenters. The molecule has 0 aromatic heterocycles. The van der Waals surface area contributed by atoms with Gasteiger partial charge in [0.1, 0.15) is 0 Å². The minimum absolute atomic E-state index is 0.681. The van der Waals surface area contributed by atoms with Crippen LogP contribution in [-0.4, -0.2) is 69.0 Å². The number of hydrogen-bond donors (Lipinski definition) is 2. The van der Waals surface area contributed by atoms with Crippen molar-refractivity contribution in [3.05, 3.63) is 0 Å². The maximum atomic E-state index is 5.57. The first kappa shape index (κ1) is 12.9. The fourth-order valence-corrected chi connectivity index (χ4v) is 1.68. The number of rotatable bonds is 7. The highest BCUT2D eigenvalue weighted by Gasteiger charge is 2.14. The zero-order valence-electron chi connectivity index (χ0n) is 9.53. The zero-order chi connectivity index (χ0) is 10.9. The first-order valence-corrected chi connectivity index (χ1v) is 5.79. The Kier molecular flexibility index (Phi) is 6.87. The number of ether oxygens (including phenoxy) is 1. The van der Waals surface area contributed by atoms with Crippen LogP contribution in [0.15, 0.2) is 0 Å².